The van der Waals surface area contributed by atoms with Gasteiger partial charge in [-0.3, -0.25) is 0 Å². The van der Waals surface area contributed by atoms with E-state index in [9.17, 15) is 4.79 Å². The van der Waals surface area contributed by atoms with E-state index in [0.717, 1.165) is 5.69 Å². The Morgan fingerprint density at radius 3 is 2.21 bits per heavy atom. The highest BCUT2D eigenvalue weighted by molar-refractivity contribution is 6.69. The van der Waals surface area contributed by atoms with Gasteiger partial charge in [0.05, 0.1) is 0 Å². The summed E-state index contributed by atoms with van der Waals surface area (Å²) in [5.41, 5.74) is 1.63. The summed E-state index contributed by atoms with van der Waals surface area (Å²) in [6.45, 7) is 2.31. The summed E-state index contributed by atoms with van der Waals surface area (Å²) < 4.78 is 0. The topological polar surface area (TPSA) is 76.4 Å². The van der Waals surface area contributed by atoms with Gasteiger partial charge in [-0.15, -0.1) is 0 Å². The van der Waals surface area contributed by atoms with Gasteiger partial charge in [0.2, 0.25) is 0 Å². The van der Waals surface area contributed by atoms with Gasteiger partial charge in [0, 0.05) is 37.4 Å². The molecule has 0 spiro atoms. The van der Waals surface area contributed by atoms with Gasteiger partial charge in [-0.2, -0.15) is 0 Å². The monoisotopic (exact) mass is 283 g/mol. The van der Waals surface area contributed by atoms with Gasteiger partial charge >= 0.3 is 6.09 Å². The van der Waals surface area contributed by atoms with Crippen LogP contribution in [0.4, 0.5) is 10.5 Å². The molecule has 0 saturated carbocycles. The van der Waals surface area contributed by atoms with Crippen LogP contribution in [0.15, 0.2) is 29.4 Å². The maximum atomic E-state index is 10.8. The molecular weight excluding hydrogens is 270 g/mol. The van der Waals surface area contributed by atoms with Crippen LogP contribution in [0.5, 0.6) is 0 Å². The number of hydrogen-bond acceptors (Lipinski definition) is 4. The third-order valence-electron chi connectivity index (χ3n) is 3.11. The van der Waals surface area contributed by atoms with E-state index in [4.69, 9.17) is 21.9 Å². The molecule has 0 unspecified atom stereocenters. The van der Waals surface area contributed by atoms with Crippen LogP contribution in [0.2, 0.25) is 0 Å². The van der Waals surface area contributed by atoms with E-state index in [1.54, 1.807) is 12.1 Å². The third kappa shape index (κ3) is 3.08. The molecule has 1 heterocycles. The van der Waals surface area contributed by atoms with E-state index in [1.807, 2.05) is 12.1 Å². The molecule has 1 aliphatic rings. The molecule has 7 heteroatoms. The second kappa shape index (κ2) is 5.79. The normalized spacial score (nSPS) is 16.6. The molecule has 1 amide bonds. The lowest BCUT2D eigenvalue weighted by atomic mass is 10.2. The Hall–Kier alpha value is -1.95. The fourth-order valence-corrected chi connectivity index (χ4v) is 2.15. The molecule has 6 nitrogen and oxygen atoms in total. The average Bonchev–Trinajstić information content (AvgIpc) is 2.46. The fourth-order valence-electron chi connectivity index (χ4n) is 2.02. The Bertz CT molecular complexity index is 481. The van der Waals surface area contributed by atoms with Gasteiger partial charge in [-0.25, -0.2) is 4.79 Å². The lowest BCUT2D eigenvalue weighted by Gasteiger charge is -2.34. The number of halogens is 1. The zero-order valence-corrected chi connectivity index (χ0v) is 10.9. The van der Waals surface area contributed by atoms with Crippen molar-refractivity contribution in [3.8, 4) is 0 Å². The van der Waals surface area contributed by atoms with E-state index in [2.05, 4.69) is 10.1 Å². The largest absolute Gasteiger partial charge is 0.465 e. The summed E-state index contributed by atoms with van der Waals surface area (Å²) in [4.78, 5) is 14.3. The van der Waals surface area contributed by atoms with Crippen molar-refractivity contribution in [2.75, 3.05) is 31.1 Å². The lowest BCUT2D eigenvalue weighted by Crippen LogP contribution is -2.48. The first-order valence-electron chi connectivity index (χ1n) is 5.82. The number of carboxylic acid groups (broad SMARTS) is 1. The van der Waals surface area contributed by atoms with Crippen LogP contribution in [0, 0.1) is 0 Å². The average molecular weight is 284 g/mol. The number of anilines is 1. The Balaban J connectivity index is 2.02. The van der Waals surface area contributed by atoms with Gasteiger partial charge in [0.25, 0.3) is 0 Å². The van der Waals surface area contributed by atoms with Crippen LogP contribution in [0.25, 0.3) is 0 Å². The molecule has 1 saturated heterocycles. The number of carbonyl (C=O) groups is 1. The first kappa shape index (κ1) is 13.5. The van der Waals surface area contributed by atoms with Crippen molar-refractivity contribution in [3.63, 3.8) is 0 Å². The van der Waals surface area contributed by atoms with Gasteiger partial charge < -0.3 is 20.1 Å². The summed E-state index contributed by atoms with van der Waals surface area (Å²) in [5, 5.41) is 20.4. The zero-order valence-electron chi connectivity index (χ0n) is 10.2. The molecule has 1 aromatic rings. The van der Waals surface area contributed by atoms with Crippen LogP contribution in [-0.4, -0.2) is 52.7 Å². The second-order valence-electron chi connectivity index (χ2n) is 4.19. The molecule has 0 atom stereocenters. The van der Waals surface area contributed by atoms with E-state index < -0.39 is 6.09 Å². The molecule has 102 valence electrons. The molecule has 1 fully saturated rings. The summed E-state index contributed by atoms with van der Waals surface area (Å²) in [6.07, 6.45) is -0.874. The Kier molecular flexibility index (Phi) is 4.11. The van der Waals surface area contributed by atoms with Gasteiger partial charge in [-0.05, 0) is 24.3 Å². The van der Waals surface area contributed by atoms with E-state index >= 15 is 0 Å². The number of amides is 1. The Morgan fingerprint density at radius 2 is 1.74 bits per heavy atom. The number of hydrogen-bond donors (Lipinski definition) is 2. The van der Waals surface area contributed by atoms with Gasteiger partial charge in [-0.1, -0.05) is 16.8 Å². The molecule has 0 aromatic heterocycles. The molecule has 0 aliphatic carbocycles. The van der Waals surface area contributed by atoms with Crippen molar-refractivity contribution < 1.29 is 15.1 Å². The summed E-state index contributed by atoms with van der Waals surface area (Å²) in [5.74, 6) is 0. The van der Waals surface area contributed by atoms with Gasteiger partial charge in [0.1, 0.15) is 0 Å². The fraction of sp³-hybridized carbons (Fsp3) is 0.333. The van der Waals surface area contributed by atoms with E-state index in [-0.39, 0.29) is 5.17 Å². The molecule has 0 bridgehead atoms. The number of benzene rings is 1. The van der Waals surface area contributed by atoms with Crippen molar-refractivity contribution in [2.45, 2.75) is 0 Å². The molecule has 0 radical (unpaired) electrons. The number of piperazine rings is 1. The van der Waals surface area contributed by atoms with Crippen molar-refractivity contribution in [1.82, 2.24) is 4.90 Å². The molecular formula is C12H14ClN3O3. The zero-order chi connectivity index (χ0) is 13.8. The van der Waals surface area contributed by atoms with Crippen molar-refractivity contribution >= 4 is 28.6 Å². The van der Waals surface area contributed by atoms with Crippen LogP contribution in [0.3, 0.4) is 0 Å². The standard InChI is InChI=1S/C12H14ClN3O3/c13-11(14-19)9-1-3-10(4-2-9)15-5-7-16(8-6-15)12(17)18/h1-4,19H,5-8H2,(H,17,18). The molecule has 1 aliphatic heterocycles. The van der Waals surface area contributed by atoms with Gasteiger partial charge in [0.15, 0.2) is 5.17 Å². The maximum absolute atomic E-state index is 10.8. The summed E-state index contributed by atoms with van der Waals surface area (Å²) >= 11 is 5.70. The highest BCUT2D eigenvalue weighted by Crippen LogP contribution is 2.18. The lowest BCUT2D eigenvalue weighted by molar-refractivity contribution is 0.142. The minimum atomic E-state index is -0.874. The van der Waals surface area contributed by atoms with E-state index in [0.29, 0.717) is 31.7 Å². The Labute approximate surface area is 115 Å². The highest BCUT2D eigenvalue weighted by Gasteiger charge is 2.20. The van der Waals surface area contributed by atoms with Crippen LogP contribution in [-0.2, 0) is 0 Å². The molecule has 2 rings (SSSR count). The second-order valence-corrected chi connectivity index (χ2v) is 4.55. The first-order valence-corrected chi connectivity index (χ1v) is 6.20. The molecule has 19 heavy (non-hydrogen) atoms. The van der Waals surface area contributed by atoms with Crippen molar-refractivity contribution in [2.24, 2.45) is 5.16 Å². The van der Waals surface area contributed by atoms with Crippen molar-refractivity contribution in [1.29, 1.82) is 0 Å². The smallest absolute Gasteiger partial charge is 0.407 e. The Morgan fingerprint density at radius 1 is 1.16 bits per heavy atom. The van der Waals surface area contributed by atoms with E-state index in [1.165, 1.54) is 4.90 Å². The molecule has 1 aromatic carbocycles. The third-order valence-corrected chi connectivity index (χ3v) is 3.40. The molecule has 2 N–H and O–H groups in total. The minimum absolute atomic E-state index is 0.0437. The van der Waals surface area contributed by atoms with Crippen LogP contribution < -0.4 is 4.90 Å². The highest BCUT2D eigenvalue weighted by atomic mass is 35.5. The van der Waals surface area contributed by atoms with Crippen molar-refractivity contribution in [3.05, 3.63) is 29.8 Å². The van der Waals surface area contributed by atoms with Crippen LogP contribution >= 0.6 is 11.6 Å². The predicted octanol–water partition coefficient (Wildman–Crippen LogP) is 1.86. The minimum Gasteiger partial charge on any atom is -0.465 e. The maximum Gasteiger partial charge on any atom is 0.407 e. The summed E-state index contributed by atoms with van der Waals surface area (Å²) in [6, 6.07) is 7.28. The first-order chi connectivity index (χ1) is 9.11. The predicted molar refractivity (Wildman–Crippen MR) is 72.4 cm³/mol. The number of rotatable bonds is 2. The SMILES string of the molecule is O=C(O)N1CCN(c2ccc(C(Cl)=NO)cc2)CC1. The van der Waals surface area contributed by atoms with Crippen LogP contribution in [0.1, 0.15) is 5.56 Å². The number of oxime groups is 1. The number of nitrogens with zero attached hydrogens (tertiary/aromatic N) is 3. The quantitative estimate of drug-likeness (QED) is 0.493. The summed E-state index contributed by atoms with van der Waals surface area (Å²) in [7, 11) is 0.